The molecule has 7 nitrogen and oxygen atoms in total. The standard InChI is InChI=1S/C21H31N3O4.C4H10/c1-6-28-21(27)15(4)10-18(14(2)3)24(5)19(25)13-23-20(26)17-9-7-8-16(11-17)12-22;1-4(2)3/h7-11,14,18H,6,12-13,22H2,1-5H3,(H,23,26);4H,1-3H3/b15-10+;/t18-;/m1./s1. The third-order valence-electron chi connectivity index (χ3n) is 4.37. The van der Waals surface area contributed by atoms with Crippen LogP contribution in [0.4, 0.5) is 0 Å². The molecule has 32 heavy (non-hydrogen) atoms. The molecule has 0 fully saturated rings. The van der Waals surface area contributed by atoms with Crippen molar-refractivity contribution in [2.75, 3.05) is 20.2 Å². The lowest BCUT2D eigenvalue weighted by atomic mass is 10.00. The van der Waals surface area contributed by atoms with Gasteiger partial charge in [-0.25, -0.2) is 4.79 Å². The van der Waals surface area contributed by atoms with Crippen LogP contribution in [-0.2, 0) is 20.9 Å². The fourth-order valence-corrected chi connectivity index (χ4v) is 2.71. The van der Waals surface area contributed by atoms with Crippen molar-refractivity contribution < 1.29 is 19.1 Å². The number of likely N-dealkylation sites (N-methyl/N-ethyl adjacent to an activating group) is 1. The van der Waals surface area contributed by atoms with Gasteiger partial charge in [0, 0.05) is 24.7 Å². The molecule has 0 aliphatic carbocycles. The first kappa shape index (κ1) is 29.3. The van der Waals surface area contributed by atoms with Crippen molar-refractivity contribution in [3.8, 4) is 0 Å². The lowest BCUT2D eigenvalue weighted by molar-refractivity contribution is -0.138. The first-order valence-corrected chi connectivity index (χ1v) is 11.1. The molecular formula is C25H41N3O4. The van der Waals surface area contributed by atoms with Gasteiger partial charge in [0.05, 0.1) is 19.2 Å². The molecule has 0 bridgehead atoms. The van der Waals surface area contributed by atoms with E-state index in [2.05, 4.69) is 26.1 Å². The summed E-state index contributed by atoms with van der Waals surface area (Å²) in [4.78, 5) is 38.2. The number of nitrogens with one attached hydrogen (secondary N) is 1. The highest BCUT2D eigenvalue weighted by Gasteiger charge is 2.23. The molecule has 0 unspecified atom stereocenters. The van der Waals surface area contributed by atoms with Crippen molar-refractivity contribution in [3.63, 3.8) is 0 Å². The number of hydrogen-bond donors (Lipinski definition) is 2. The van der Waals surface area contributed by atoms with Gasteiger partial charge < -0.3 is 20.7 Å². The van der Waals surface area contributed by atoms with Crippen molar-refractivity contribution in [2.45, 2.75) is 61.1 Å². The normalized spacial score (nSPS) is 12.0. The van der Waals surface area contributed by atoms with Crippen LogP contribution in [0.5, 0.6) is 0 Å². The average molecular weight is 448 g/mol. The van der Waals surface area contributed by atoms with E-state index in [9.17, 15) is 14.4 Å². The van der Waals surface area contributed by atoms with Crippen LogP contribution in [0.25, 0.3) is 0 Å². The van der Waals surface area contributed by atoms with E-state index >= 15 is 0 Å². The minimum Gasteiger partial charge on any atom is -0.463 e. The highest BCUT2D eigenvalue weighted by Crippen LogP contribution is 2.14. The highest BCUT2D eigenvalue weighted by molar-refractivity contribution is 5.96. The second-order valence-electron chi connectivity index (χ2n) is 8.63. The number of nitrogens with zero attached hydrogens (tertiary/aromatic N) is 1. The molecule has 0 heterocycles. The SMILES string of the molecule is CC(C)C.CCOC(=O)/C(C)=C/[C@H](C(C)C)N(C)C(=O)CNC(=O)c1cccc(CN)c1. The van der Waals surface area contributed by atoms with E-state index in [0.717, 1.165) is 11.5 Å². The number of hydrogen-bond acceptors (Lipinski definition) is 5. The van der Waals surface area contributed by atoms with E-state index in [4.69, 9.17) is 10.5 Å². The molecule has 1 aromatic rings. The van der Waals surface area contributed by atoms with E-state index in [1.807, 2.05) is 19.9 Å². The summed E-state index contributed by atoms with van der Waals surface area (Å²) in [5.74, 6) is -0.0799. The number of carbonyl (C=O) groups excluding carboxylic acids is 3. The molecule has 0 aliphatic rings. The molecule has 0 aromatic heterocycles. The molecule has 180 valence electrons. The average Bonchev–Trinajstić information content (AvgIpc) is 2.74. The van der Waals surface area contributed by atoms with Gasteiger partial charge in [0.25, 0.3) is 5.91 Å². The first-order valence-electron chi connectivity index (χ1n) is 11.1. The Bertz CT molecular complexity index is 769. The number of benzene rings is 1. The van der Waals surface area contributed by atoms with Crippen molar-refractivity contribution >= 4 is 17.8 Å². The highest BCUT2D eigenvalue weighted by atomic mass is 16.5. The third kappa shape index (κ3) is 11.1. The summed E-state index contributed by atoms with van der Waals surface area (Å²) in [5.41, 5.74) is 7.34. The molecule has 3 N–H and O–H groups in total. The van der Waals surface area contributed by atoms with E-state index < -0.39 is 5.97 Å². The predicted octanol–water partition coefficient (Wildman–Crippen LogP) is 3.53. The maximum atomic E-state index is 12.6. The number of ether oxygens (including phenoxy) is 1. The summed E-state index contributed by atoms with van der Waals surface area (Å²) >= 11 is 0. The molecule has 2 amide bonds. The molecule has 7 heteroatoms. The van der Waals surface area contributed by atoms with Crippen LogP contribution < -0.4 is 11.1 Å². The number of amides is 2. The van der Waals surface area contributed by atoms with Gasteiger partial charge in [0.15, 0.2) is 0 Å². The topological polar surface area (TPSA) is 102 Å². The monoisotopic (exact) mass is 447 g/mol. The Morgan fingerprint density at radius 2 is 1.75 bits per heavy atom. The van der Waals surface area contributed by atoms with Crippen LogP contribution in [0.2, 0.25) is 0 Å². The molecular weight excluding hydrogens is 406 g/mol. The summed E-state index contributed by atoms with van der Waals surface area (Å²) in [5, 5.41) is 2.64. The molecule has 1 rings (SSSR count). The molecule has 0 saturated carbocycles. The third-order valence-corrected chi connectivity index (χ3v) is 4.37. The van der Waals surface area contributed by atoms with Gasteiger partial charge >= 0.3 is 5.97 Å². The van der Waals surface area contributed by atoms with Crippen LogP contribution in [0.3, 0.4) is 0 Å². The summed E-state index contributed by atoms with van der Waals surface area (Å²) in [7, 11) is 1.66. The zero-order chi connectivity index (χ0) is 24.8. The minimum atomic E-state index is -0.401. The molecule has 0 saturated heterocycles. The van der Waals surface area contributed by atoms with E-state index in [0.29, 0.717) is 24.3 Å². The van der Waals surface area contributed by atoms with Gasteiger partial charge in [-0.15, -0.1) is 0 Å². The van der Waals surface area contributed by atoms with Gasteiger partial charge in [-0.2, -0.15) is 0 Å². The number of esters is 1. The van der Waals surface area contributed by atoms with Gasteiger partial charge in [-0.3, -0.25) is 9.59 Å². The Kier molecular flexibility index (Phi) is 13.9. The molecule has 0 radical (unpaired) electrons. The minimum absolute atomic E-state index is 0.0789. The number of carbonyl (C=O) groups is 3. The zero-order valence-electron chi connectivity index (χ0n) is 20.9. The zero-order valence-corrected chi connectivity index (χ0v) is 20.9. The fourth-order valence-electron chi connectivity index (χ4n) is 2.71. The van der Waals surface area contributed by atoms with Crippen LogP contribution in [0, 0.1) is 11.8 Å². The van der Waals surface area contributed by atoms with E-state index in [1.165, 1.54) is 4.90 Å². The Labute approximate surface area is 193 Å². The summed E-state index contributed by atoms with van der Waals surface area (Å²) in [6.07, 6.45) is 1.73. The van der Waals surface area contributed by atoms with E-state index in [-0.39, 0.29) is 30.3 Å². The van der Waals surface area contributed by atoms with Crippen molar-refractivity contribution in [1.29, 1.82) is 0 Å². The van der Waals surface area contributed by atoms with Gasteiger partial charge in [0.1, 0.15) is 0 Å². The number of rotatable bonds is 9. The smallest absolute Gasteiger partial charge is 0.333 e. The van der Waals surface area contributed by atoms with Crippen molar-refractivity contribution in [2.24, 2.45) is 17.6 Å². The second kappa shape index (κ2) is 15.2. The van der Waals surface area contributed by atoms with E-state index in [1.54, 1.807) is 45.2 Å². The maximum Gasteiger partial charge on any atom is 0.333 e. The predicted molar refractivity (Wildman–Crippen MR) is 129 cm³/mol. The summed E-state index contributed by atoms with van der Waals surface area (Å²) in [6.45, 7) is 14.3. The lowest BCUT2D eigenvalue weighted by Crippen LogP contribution is -2.44. The van der Waals surface area contributed by atoms with Crippen molar-refractivity contribution in [1.82, 2.24) is 10.2 Å². The Hall–Kier alpha value is -2.67. The Morgan fingerprint density at radius 1 is 1.16 bits per heavy atom. The molecule has 0 aliphatic heterocycles. The number of nitrogens with two attached hydrogens (primary N) is 1. The van der Waals surface area contributed by atoms with Gasteiger partial charge in [0.2, 0.25) is 5.91 Å². The Balaban J connectivity index is 0.00000220. The van der Waals surface area contributed by atoms with Gasteiger partial charge in [-0.1, -0.05) is 52.8 Å². The lowest BCUT2D eigenvalue weighted by Gasteiger charge is -2.29. The van der Waals surface area contributed by atoms with Crippen LogP contribution >= 0.6 is 0 Å². The largest absolute Gasteiger partial charge is 0.463 e. The first-order chi connectivity index (χ1) is 14.9. The van der Waals surface area contributed by atoms with Crippen LogP contribution in [-0.4, -0.2) is 48.9 Å². The quantitative estimate of drug-likeness (QED) is 0.445. The Morgan fingerprint density at radius 3 is 2.25 bits per heavy atom. The van der Waals surface area contributed by atoms with Crippen LogP contribution in [0.1, 0.15) is 64.4 Å². The molecule has 1 atom stereocenters. The summed E-state index contributed by atoms with van der Waals surface area (Å²) in [6, 6.07) is 6.66. The summed E-state index contributed by atoms with van der Waals surface area (Å²) < 4.78 is 4.99. The molecule has 1 aromatic carbocycles. The van der Waals surface area contributed by atoms with Gasteiger partial charge in [-0.05, 0) is 43.4 Å². The fraction of sp³-hybridized carbons (Fsp3) is 0.560. The van der Waals surface area contributed by atoms with Crippen molar-refractivity contribution in [3.05, 3.63) is 47.0 Å². The van der Waals surface area contributed by atoms with Crippen LogP contribution in [0.15, 0.2) is 35.9 Å². The molecule has 0 spiro atoms. The maximum absolute atomic E-state index is 12.6. The second-order valence-corrected chi connectivity index (χ2v) is 8.63.